The highest BCUT2D eigenvalue weighted by Crippen LogP contribution is 2.30. The monoisotopic (exact) mass is 432 g/mol. The lowest BCUT2D eigenvalue weighted by Gasteiger charge is -2.36. The highest BCUT2D eigenvalue weighted by atomic mass is 28.3. The van der Waals surface area contributed by atoms with E-state index in [1.165, 1.54) is 59.1 Å². The van der Waals surface area contributed by atoms with Gasteiger partial charge in [-0.2, -0.15) is 0 Å². The van der Waals surface area contributed by atoms with Crippen molar-refractivity contribution < 1.29 is 0 Å². The second-order valence-corrected chi connectivity index (χ2v) is 16.3. The van der Waals surface area contributed by atoms with Gasteiger partial charge < -0.3 is 0 Å². The number of aryl methyl sites for hydroxylation is 6. The molecule has 0 aliphatic rings. The topological polar surface area (TPSA) is 0 Å². The highest BCUT2D eigenvalue weighted by Gasteiger charge is 2.39. The summed E-state index contributed by atoms with van der Waals surface area (Å²) in [5.74, 6) is 0. The molecule has 0 bridgehead atoms. The molecule has 0 saturated carbocycles. The van der Waals surface area contributed by atoms with Gasteiger partial charge in [-0.1, -0.05) is 120 Å². The maximum atomic E-state index is 2.62. The first-order chi connectivity index (χ1) is 14.5. The molecule has 0 N–H and O–H groups in total. The van der Waals surface area contributed by atoms with Crippen LogP contribution in [-0.2, 0) is 0 Å². The van der Waals surface area contributed by atoms with Gasteiger partial charge in [-0.15, -0.1) is 0 Å². The van der Waals surface area contributed by atoms with Gasteiger partial charge in [0.1, 0.15) is 0 Å². The number of rotatable bonds is 9. The van der Waals surface area contributed by atoms with Crippen LogP contribution in [0.25, 0.3) is 0 Å². The Kier molecular flexibility index (Phi) is 9.01. The zero-order valence-corrected chi connectivity index (χ0v) is 22.9. The van der Waals surface area contributed by atoms with Gasteiger partial charge in [-0.25, -0.2) is 0 Å². The molecule has 0 nitrogen and oxygen atoms in total. The molecule has 1 atom stereocenters. The van der Waals surface area contributed by atoms with Crippen molar-refractivity contribution in [2.45, 2.75) is 99.2 Å². The Hall–Kier alpha value is -1.54. The lowest BCUT2D eigenvalue weighted by atomic mass is 9.35. The first kappa shape index (κ1) is 25.7. The molecule has 0 radical (unpaired) electrons. The first-order valence-electron chi connectivity index (χ1n) is 12.3. The summed E-state index contributed by atoms with van der Waals surface area (Å²) >= 11 is 0. The average Bonchev–Trinajstić information content (AvgIpc) is 2.61. The lowest BCUT2D eigenvalue weighted by molar-refractivity contribution is 0.728. The molecule has 2 aromatic carbocycles. The third-order valence-electron chi connectivity index (χ3n) is 6.77. The van der Waals surface area contributed by atoms with Crippen LogP contribution in [0.15, 0.2) is 36.4 Å². The maximum Gasteiger partial charge on any atom is 0.214 e. The van der Waals surface area contributed by atoms with E-state index in [9.17, 15) is 0 Å². The van der Waals surface area contributed by atoms with Gasteiger partial charge in [-0.3, -0.25) is 0 Å². The number of unbranched alkanes of at least 4 members (excludes halogenated alkanes) is 3. The largest absolute Gasteiger partial charge is 0.214 e. The highest BCUT2D eigenvalue weighted by molar-refractivity contribution is 7.01. The zero-order chi connectivity index (χ0) is 23.3. The Labute approximate surface area is 194 Å². The standard InChI is InChI=1S/C29H45BSi/c1-11-12-13-14-15-16-27(31(8,9)10)30(28-23(4)17-21(2)18-24(28)5)29-25(6)19-22(3)20-26(29)7/h15-20,27H,11-14H2,1-10H3/b16-15+. The molecule has 31 heavy (non-hydrogen) atoms. The normalized spacial score (nSPS) is 13.1. The second kappa shape index (κ2) is 10.9. The summed E-state index contributed by atoms with van der Waals surface area (Å²) in [6.07, 6.45) is 10.3. The molecule has 0 aliphatic carbocycles. The molecule has 0 fully saturated rings. The van der Waals surface area contributed by atoms with Crippen LogP contribution < -0.4 is 10.9 Å². The fourth-order valence-corrected chi connectivity index (χ4v) is 7.57. The van der Waals surface area contributed by atoms with Crippen LogP contribution in [0.3, 0.4) is 0 Å². The van der Waals surface area contributed by atoms with E-state index >= 15 is 0 Å². The molecule has 0 amide bonds. The van der Waals surface area contributed by atoms with E-state index in [1.807, 2.05) is 0 Å². The van der Waals surface area contributed by atoms with Crippen LogP contribution in [0.2, 0.25) is 25.1 Å². The summed E-state index contributed by atoms with van der Waals surface area (Å²) in [7, 11) is -1.49. The molecular formula is C29H45BSi. The molecule has 2 rings (SSSR count). The van der Waals surface area contributed by atoms with Crippen LogP contribution in [-0.4, -0.2) is 14.8 Å². The molecule has 0 spiro atoms. The van der Waals surface area contributed by atoms with Gasteiger partial charge in [-0.05, 0) is 59.8 Å². The van der Waals surface area contributed by atoms with Gasteiger partial charge in [0.15, 0.2) is 0 Å². The summed E-state index contributed by atoms with van der Waals surface area (Å²) in [6, 6.07) is 9.56. The lowest BCUT2D eigenvalue weighted by Crippen LogP contribution is -2.55. The average molecular weight is 433 g/mol. The summed E-state index contributed by atoms with van der Waals surface area (Å²) in [5.41, 5.74) is 12.2. The van der Waals surface area contributed by atoms with E-state index in [0.717, 1.165) is 0 Å². The second-order valence-electron chi connectivity index (χ2n) is 10.9. The molecule has 168 valence electrons. The predicted octanol–water partition coefficient (Wildman–Crippen LogP) is 7.53. The van der Waals surface area contributed by atoms with Crippen molar-refractivity contribution in [2.24, 2.45) is 0 Å². The Balaban J connectivity index is 2.74. The Morgan fingerprint density at radius 2 is 1.16 bits per heavy atom. The summed E-state index contributed by atoms with van der Waals surface area (Å²) in [5, 5.41) is 0. The van der Waals surface area contributed by atoms with Gasteiger partial charge in [0, 0.05) is 8.07 Å². The Morgan fingerprint density at radius 3 is 1.52 bits per heavy atom. The van der Waals surface area contributed by atoms with E-state index in [2.05, 4.69) is 105 Å². The van der Waals surface area contributed by atoms with Crippen LogP contribution in [0.5, 0.6) is 0 Å². The van der Waals surface area contributed by atoms with Crippen molar-refractivity contribution in [1.29, 1.82) is 0 Å². The van der Waals surface area contributed by atoms with Crippen molar-refractivity contribution >= 4 is 25.7 Å². The number of benzene rings is 2. The SMILES string of the molecule is CCCCC/C=C/C(B(c1c(C)cc(C)cc1C)c1c(C)cc(C)cc1C)[Si](C)(C)C. The summed E-state index contributed by atoms with van der Waals surface area (Å²) in [4.78, 5) is 0. The summed E-state index contributed by atoms with van der Waals surface area (Å²) in [6.45, 7) is 24.1. The van der Waals surface area contributed by atoms with E-state index in [-0.39, 0.29) is 0 Å². The van der Waals surface area contributed by atoms with Crippen molar-refractivity contribution in [3.63, 3.8) is 0 Å². The van der Waals surface area contributed by atoms with Gasteiger partial charge in [0.2, 0.25) is 6.71 Å². The van der Waals surface area contributed by atoms with Crippen LogP contribution in [0, 0.1) is 41.5 Å². The smallest absolute Gasteiger partial charge is 0.0946 e. The number of hydrogen-bond acceptors (Lipinski definition) is 0. The minimum atomic E-state index is -1.49. The van der Waals surface area contributed by atoms with E-state index in [1.54, 1.807) is 10.9 Å². The van der Waals surface area contributed by atoms with Crippen LogP contribution >= 0.6 is 0 Å². The molecule has 0 heterocycles. The van der Waals surface area contributed by atoms with Gasteiger partial charge in [0.25, 0.3) is 0 Å². The third-order valence-corrected chi connectivity index (χ3v) is 9.30. The quantitative estimate of drug-likeness (QED) is 0.218. The molecule has 2 aromatic rings. The van der Waals surface area contributed by atoms with Gasteiger partial charge in [0.05, 0.1) is 0 Å². The van der Waals surface area contributed by atoms with Crippen LogP contribution in [0.1, 0.15) is 66.0 Å². The van der Waals surface area contributed by atoms with E-state index < -0.39 is 8.07 Å². The predicted molar refractivity (Wildman–Crippen MR) is 147 cm³/mol. The van der Waals surface area contributed by atoms with Crippen molar-refractivity contribution in [2.75, 3.05) is 0 Å². The van der Waals surface area contributed by atoms with Crippen molar-refractivity contribution in [1.82, 2.24) is 0 Å². The minimum Gasteiger partial charge on any atom is -0.0946 e. The third kappa shape index (κ3) is 6.48. The Morgan fingerprint density at radius 1 is 0.742 bits per heavy atom. The van der Waals surface area contributed by atoms with Gasteiger partial charge >= 0.3 is 0 Å². The molecule has 0 saturated heterocycles. The molecular weight excluding hydrogens is 387 g/mol. The Bertz CT molecular complexity index is 813. The minimum absolute atomic E-state index is 0.426. The maximum absolute atomic E-state index is 2.62. The molecule has 1 unspecified atom stereocenters. The van der Waals surface area contributed by atoms with Crippen LogP contribution in [0.4, 0.5) is 0 Å². The van der Waals surface area contributed by atoms with Crippen molar-refractivity contribution in [3.05, 3.63) is 69.8 Å². The van der Waals surface area contributed by atoms with Crippen molar-refractivity contribution in [3.8, 4) is 0 Å². The summed E-state index contributed by atoms with van der Waals surface area (Å²) < 4.78 is 0. The fraction of sp³-hybridized carbons (Fsp3) is 0.517. The number of allylic oxidation sites excluding steroid dienone is 2. The number of hydrogen-bond donors (Lipinski definition) is 0. The van der Waals surface area contributed by atoms with E-state index in [4.69, 9.17) is 0 Å². The molecule has 0 aromatic heterocycles. The zero-order valence-electron chi connectivity index (χ0n) is 21.9. The molecule has 0 aliphatic heterocycles. The van der Waals surface area contributed by atoms with E-state index in [0.29, 0.717) is 12.2 Å². The first-order valence-corrected chi connectivity index (χ1v) is 15.9. The fourth-order valence-electron chi connectivity index (χ4n) is 5.52. The molecule has 2 heteroatoms.